The lowest BCUT2D eigenvalue weighted by Gasteiger charge is -2.34. The summed E-state index contributed by atoms with van der Waals surface area (Å²) in [6.07, 6.45) is 3.56. The first-order chi connectivity index (χ1) is 6.74. The molecule has 1 aliphatic rings. The topological polar surface area (TPSA) is 23.5 Å². The molecule has 2 atom stereocenters. The van der Waals surface area contributed by atoms with Crippen LogP contribution in [-0.4, -0.2) is 42.4 Å². The molecule has 1 heterocycles. The van der Waals surface area contributed by atoms with E-state index in [-0.39, 0.29) is 12.8 Å². The maximum Gasteiger partial charge on any atom is 0.0894 e. The Morgan fingerprint density at radius 2 is 2.14 bits per heavy atom. The summed E-state index contributed by atoms with van der Waals surface area (Å²) in [4.78, 5) is 2.38. The van der Waals surface area contributed by atoms with Crippen molar-refractivity contribution in [2.75, 3.05) is 26.3 Å². The Kier molecular flexibility index (Phi) is 5.41. The van der Waals surface area contributed by atoms with Crippen molar-refractivity contribution in [1.29, 1.82) is 0 Å². The lowest BCUT2D eigenvalue weighted by molar-refractivity contribution is 0.0345. The van der Waals surface area contributed by atoms with Crippen molar-refractivity contribution in [3.63, 3.8) is 0 Å². The minimum atomic E-state index is -0.185. The summed E-state index contributed by atoms with van der Waals surface area (Å²) in [5.41, 5.74) is 0. The number of hydrogen-bond donors (Lipinski definition) is 1. The van der Waals surface area contributed by atoms with Crippen molar-refractivity contribution >= 4 is 0 Å². The summed E-state index contributed by atoms with van der Waals surface area (Å²) in [7, 11) is 0. The van der Waals surface area contributed by atoms with Gasteiger partial charge in [0.25, 0.3) is 0 Å². The molecule has 14 heavy (non-hydrogen) atoms. The molecule has 0 spiro atoms. The van der Waals surface area contributed by atoms with Crippen LogP contribution >= 0.6 is 0 Å². The first-order valence-electron chi connectivity index (χ1n) is 5.70. The zero-order chi connectivity index (χ0) is 10.4. The molecule has 0 unspecified atom stereocenters. The summed E-state index contributed by atoms with van der Waals surface area (Å²) in [6.45, 7) is 4.97. The van der Waals surface area contributed by atoms with Gasteiger partial charge in [0, 0.05) is 13.1 Å². The number of hydrogen-bond acceptors (Lipinski definition) is 2. The number of nitrogens with zero attached hydrogens (tertiary/aromatic N) is 1. The molecule has 0 amide bonds. The third-order valence-electron chi connectivity index (χ3n) is 3.05. The predicted octanol–water partition coefficient (Wildman–Crippen LogP) is 1.83. The van der Waals surface area contributed by atoms with E-state index in [0.717, 1.165) is 38.9 Å². The van der Waals surface area contributed by atoms with Crippen LogP contribution in [0.5, 0.6) is 0 Å². The molecular formula is C11H22FNO. The van der Waals surface area contributed by atoms with Crippen molar-refractivity contribution in [2.24, 2.45) is 5.92 Å². The second-order valence-corrected chi connectivity index (χ2v) is 4.38. The molecule has 1 rings (SSSR count). The SMILES string of the molecule is C[C@H]1CN(CCCCCF)CC[C@H]1O. The van der Waals surface area contributed by atoms with E-state index in [1.807, 2.05) is 0 Å². The van der Waals surface area contributed by atoms with Crippen LogP contribution in [0.25, 0.3) is 0 Å². The van der Waals surface area contributed by atoms with E-state index in [4.69, 9.17) is 0 Å². The Balaban J connectivity index is 2.07. The van der Waals surface area contributed by atoms with Gasteiger partial charge in [-0.25, -0.2) is 0 Å². The van der Waals surface area contributed by atoms with E-state index in [9.17, 15) is 9.50 Å². The zero-order valence-corrected chi connectivity index (χ0v) is 9.08. The van der Waals surface area contributed by atoms with Crippen molar-refractivity contribution in [3.05, 3.63) is 0 Å². The van der Waals surface area contributed by atoms with E-state index in [1.54, 1.807) is 0 Å². The molecule has 1 N–H and O–H groups in total. The van der Waals surface area contributed by atoms with E-state index in [2.05, 4.69) is 11.8 Å². The molecule has 2 nitrogen and oxygen atoms in total. The Hall–Kier alpha value is -0.150. The molecule has 0 bridgehead atoms. The highest BCUT2D eigenvalue weighted by Gasteiger charge is 2.23. The lowest BCUT2D eigenvalue weighted by Crippen LogP contribution is -2.42. The Morgan fingerprint density at radius 3 is 2.79 bits per heavy atom. The van der Waals surface area contributed by atoms with Gasteiger partial charge in [0.15, 0.2) is 0 Å². The van der Waals surface area contributed by atoms with Crippen molar-refractivity contribution in [1.82, 2.24) is 4.90 Å². The van der Waals surface area contributed by atoms with Crippen LogP contribution in [-0.2, 0) is 0 Å². The van der Waals surface area contributed by atoms with Crippen LogP contribution in [0.2, 0.25) is 0 Å². The fraction of sp³-hybridized carbons (Fsp3) is 1.00. The van der Waals surface area contributed by atoms with Crippen LogP contribution in [0.4, 0.5) is 4.39 Å². The zero-order valence-electron chi connectivity index (χ0n) is 9.08. The number of unbranched alkanes of at least 4 members (excludes halogenated alkanes) is 2. The normalized spacial score (nSPS) is 29.4. The van der Waals surface area contributed by atoms with Gasteiger partial charge in [-0.05, 0) is 38.1 Å². The van der Waals surface area contributed by atoms with Crippen molar-refractivity contribution < 1.29 is 9.50 Å². The van der Waals surface area contributed by atoms with Gasteiger partial charge in [-0.1, -0.05) is 6.92 Å². The highest BCUT2D eigenvalue weighted by molar-refractivity contribution is 4.76. The van der Waals surface area contributed by atoms with Crippen LogP contribution in [0.1, 0.15) is 32.6 Å². The number of halogens is 1. The van der Waals surface area contributed by atoms with Gasteiger partial charge in [0.2, 0.25) is 0 Å². The fourth-order valence-electron chi connectivity index (χ4n) is 2.03. The molecule has 1 saturated heterocycles. The molecule has 84 valence electrons. The van der Waals surface area contributed by atoms with Crippen LogP contribution < -0.4 is 0 Å². The molecule has 0 aromatic rings. The van der Waals surface area contributed by atoms with Gasteiger partial charge in [-0.3, -0.25) is 4.39 Å². The minimum Gasteiger partial charge on any atom is -0.393 e. The summed E-state index contributed by atoms with van der Waals surface area (Å²) in [5, 5.41) is 9.53. The van der Waals surface area contributed by atoms with Crippen LogP contribution in [0.3, 0.4) is 0 Å². The molecule has 1 fully saturated rings. The minimum absolute atomic E-state index is 0.114. The number of piperidine rings is 1. The highest BCUT2D eigenvalue weighted by Crippen LogP contribution is 2.16. The number of alkyl halides is 1. The fourth-order valence-corrected chi connectivity index (χ4v) is 2.03. The second kappa shape index (κ2) is 6.36. The predicted molar refractivity (Wildman–Crippen MR) is 56.1 cm³/mol. The quantitative estimate of drug-likeness (QED) is 0.689. The Bertz CT molecular complexity index is 154. The maximum atomic E-state index is 11.8. The highest BCUT2D eigenvalue weighted by atomic mass is 19.1. The average Bonchev–Trinajstić information content (AvgIpc) is 2.18. The van der Waals surface area contributed by atoms with Crippen LogP contribution in [0, 0.1) is 5.92 Å². The molecule has 0 saturated carbocycles. The number of rotatable bonds is 5. The second-order valence-electron chi connectivity index (χ2n) is 4.38. The van der Waals surface area contributed by atoms with E-state index >= 15 is 0 Å². The summed E-state index contributed by atoms with van der Waals surface area (Å²) < 4.78 is 11.8. The first-order valence-corrected chi connectivity index (χ1v) is 5.70. The summed E-state index contributed by atoms with van der Waals surface area (Å²) >= 11 is 0. The monoisotopic (exact) mass is 203 g/mol. The standard InChI is InChI=1S/C11H22FNO/c1-10-9-13(8-5-11(10)14)7-4-2-3-6-12/h10-11,14H,2-9H2,1H3/t10-,11+/m0/s1. The van der Waals surface area contributed by atoms with Gasteiger partial charge in [-0.15, -0.1) is 0 Å². The molecule has 1 aliphatic heterocycles. The van der Waals surface area contributed by atoms with Crippen molar-refractivity contribution in [3.8, 4) is 0 Å². The van der Waals surface area contributed by atoms with E-state index in [0.29, 0.717) is 12.3 Å². The molecule has 3 heteroatoms. The summed E-state index contributed by atoms with van der Waals surface area (Å²) in [6, 6.07) is 0. The third kappa shape index (κ3) is 3.93. The molecule has 0 aliphatic carbocycles. The lowest BCUT2D eigenvalue weighted by atomic mass is 9.96. The molecule has 0 aromatic heterocycles. The first kappa shape index (κ1) is 11.9. The summed E-state index contributed by atoms with van der Waals surface area (Å²) in [5.74, 6) is 0.393. The maximum absolute atomic E-state index is 11.8. The molecule has 0 radical (unpaired) electrons. The smallest absolute Gasteiger partial charge is 0.0894 e. The number of likely N-dealkylation sites (tertiary alicyclic amines) is 1. The number of aliphatic hydroxyl groups is 1. The largest absolute Gasteiger partial charge is 0.393 e. The van der Waals surface area contributed by atoms with Gasteiger partial charge in [0.1, 0.15) is 0 Å². The van der Waals surface area contributed by atoms with E-state index in [1.165, 1.54) is 0 Å². The van der Waals surface area contributed by atoms with Crippen molar-refractivity contribution in [2.45, 2.75) is 38.7 Å². The number of aliphatic hydroxyl groups excluding tert-OH is 1. The third-order valence-corrected chi connectivity index (χ3v) is 3.05. The van der Waals surface area contributed by atoms with Gasteiger partial charge in [-0.2, -0.15) is 0 Å². The van der Waals surface area contributed by atoms with Gasteiger partial charge < -0.3 is 10.0 Å². The Morgan fingerprint density at radius 1 is 1.36 bits per heavy atom. The van der Waals surface area contributed by atoms with Gasteiger partial charge in [0.05, 0.1) is 12.8 Å². The van der Waals surface area contributed by atoms with E-state index < -0.39 is 0 Å². The average molecular weight is 203 g/mol. The van der Waals surface area contributed by atoms with Crippen LogP contribution in [0.15, 0.2) is 0 Å². The molecular weight excluding hydrogens is 181 g/mol. The molecule has 0 aromatic carbocycles. The Labute approximate surface area is 86.1 Å². The van der Waals surface area contributed by atoms with Gasteiger partial charge >= 0.3 is 0 Å².